The number of thiophene rings is 1. The summed E-state index contributed by atoms with van der Waals surface area (Å²) in [6.45, 7) is 0. The Morgan fingerprint density at radius 1 is 0.351 bits per heavy atom. The zero-order chi connectivity index (χ0) is 37.5. The number of furan rings is 2. The van der Waals surface area contributed by atoms with Crippen molar-refractivity contribution < 1.29 is 8.83 Å². The van der Waals surface area contributed by atoms with Gasteiger partial charge in [0.1, 0.15) is 22.3 Å². The van der Waals surface area contributed by atoms with Gasteiger partial charge < -0.3 is 8.83 Å². The van der Waals surface area contributed by atoms with Crippen molar-refractivity contribution in [1.82, 2.24) is 15.0 Å². The molecular formula is C51H29N3O2S. The average molecular weight is 748 g/mol. The maximum atomic E-state index is 6.83. The molecule has 0 fully saturated rings. The average Bonchev–Trinajstić information content (AvgIpc) is 3.98. The Kier molecular flexibility index (Phi) is 7.03. The molecule has 6 heteroatoms. The first-order chi connectivity index (χ1) is 28.2. The van der Waals surface area contributed by atoms with Gasteiger partial charge in [-0.05, 0) is 41.5 Å². The molecular weight excluding hydrogens is 719 g/mol. The SMILES string of the molecule is c1ccc(-c2nc(-c3ccccc3)nc(-c3cccc4c3oc3cc(-c5ccc(-c6cccc7c6oc6ccccc67)c6sc7ccccc7c56)ccc34)n2)cc1. The fourth-order valence-electron chi connectivity index (χ4n) is 8.31. The number of hydrogen-bond acceptors (Lipinski definition) is 6. The summed E-state index contributed by atoms with van der Waals surface area (Å²) in [6, 6.07) is 60.8. The molecule has 12 aromatic rings. The first-order valence-corrected chi connectivity index (χ1v) is 19.7. The molecule has 0 saturated heterocycles. The van der Waals surface area contributed by atoms with Crippen molar-refractivity contribution in [3.8, 4) is 56.4 Å². The van der Waals surface area contributed by atoms with Crippen LogP contribution in [0, 0.1) is 0 Å². The number of para-hydroxylation sites is 3. The first-order valence-electron chi connectivity index (χ1n) is 18.9. The fourth-order valence-corrected chi connectivity index (χ4v) is 9.57. The second-order valence-electron chi connectivity index (χ2n) is 14.3. The summed E-state index contributed by atoms with van der Waals surface area (Å²) in [7, 11) is 0. The molecule has 4 heterocycles. The van der Waals surface area contributed by atoms with E-state index in [1.165, 1.54) is 20.2 Å². The molecule has 0 aliphatic rings. The number of benzene rings is 8. The van der Waals surface area contributed by atoms with Crippen molar-refractivity contribution in [3.63, 3.8) is 0 Å². The van der Waals surface area contributed by atoms with Gasteiger partial charge in [0.05, 0.1) is 5.56 Å². The Hall–Kier alpha value is -7.41. The summed E-state index contributed by atoms with van der Waals surface area (Å²) in [5.41, 5.74) is 10.5. The number of fused-ring (bicyclic) bond motifs is 9. The summed E-state index contributed by atoms with van der Waals surface area (Å²) in [5, 5.41) is 6.76. The highest BCUT2D eigenvalue weighted by molar-refractivity contribution is 7.26. The van der Waals surface area contributed by atoms with Gasteiger partial charge in [-0.15, -0.1) is 11.3 Å². The lowest BCUT2D eigenvalue weighted by molar-refractivity contribution is 0.669. The van der Waals surface area contributed by atoms with Crippen molar-refractivity contribution in [2.75, 3.05) is 0 Å². The molecule has 4 aromatic heterocycles. The van der Waals surface area contributed by atoms with Crippen LogP contribution in [0.25, 0.3) is 120 Å². The molecule has 0 aliphatic carbocycles. The van der Waals surface area contributed by atoms with E-state index in [0.29, 0.717) is 17.5 Å². The molecule has 57 heavy (non-hydrogen) atoms. The van der Waals surface area contributed by atoms with Crippen molar-refractivity contribution in [2.45, 2.75) is 0 Å². The fraction of sp³-hybridized carbons (Fsp3) is 0. The Labute approximate surface area is 330 Å². The van der Waals surface area contributed by atoms with Crippen LogP contribution >= 0.6 is 11.3 Å². The minimum Gasteiger partial charge on any atom is -0.455 e. The lowest BCUT2D eigenvalue weighted by atomic mass is 9.94. The Bertz CT molecular complexity index is 3470. The number of hydrogen-bond donors (Lipinski definition) is 0. The standard InChI is InChI=1S/C51H29N3O2S/c1-3-13-30(14-4-1)49-52-50(31-15-5-2-6-16-31)54-51(53-49)41-22-12-20-37-35-26-25-32(29-43(35)56-47(37)41)33-27-28-39(48-45(33)40-18-8-10-24-44(40)57-48)38-21-11-19-36-34-17-7-9-23-42(34)55-46(36)38/h1-29H. The summed E-state index contributed by atoms with van der Waals surface area (Å²) < 4.78 is 15.8. The highest BCUT2D eigenvalue weighted by Gasteiger charge is 2.21. The maximum absolute atomic E-state index is 6.83. The molecule has 0 saturated carbocycles. The normalized spacial score (nSPS) is 11.9. The summed E-state index contributed by atoms with van der Waals surface area (Å²) in [4.78, 5) is 14.9. The molecule has 266 valence electrons. The van der Waals surface area contributed by atoms with E-state index in [2.05, 4.69) is 97.1 Å². The number of aromatic nitrogens is 3. The van der Waals surface area contributed by atoms with E-state index < -0.39 is 0 Å². The van der Waals surface area contributed by atoms with E-state index in [4.69, 9.17) is 23.8 Å². The lowest BCUT2D eigenvalue weighted by Gasteiger charge is -2.10. The van der Waals surface area contributed by atoms with Crippen LogP contribution < -0.4 is 0 Å². The van der Waals surface area contributed by atoms with E-state index in [0.717, 1.165) is 82.8 Å². The van der Waals surface area contributed by atoms with Gasteiger partial charge in [-0.1, -0.05) is 146 Å². The first kappa shape index (κ1) is 31.9. The molecule has 12 rings (SSSR count). The summed E-state index contributed by atoms with van der Waals surface area (Å²) in [6.07, 6.45) is 0. The molecule has 0 spiro atoms. The van der Waals surface area contributed by atoms with Gasteiger partial charge in [-0.2, -0.15) is 0 Å². The van der Waals surface area contributed by atoms with Gasteiger partial charge in [0.25, 0.3) is 0 Å². The topological polar surface area (TPSA) is 65.0 Å². The lowest BCUT2D eigenvalue weighted by Crippen LogP contribution is -2.00. The van der Waals surface area contributed by atoms with Crippen LogP contribution in [-0.4, -0.2) is 15.0 Å². The monoisotopic (exact) mass is 747 g/mol. The molecule has 0 amide bonds. The minimum atomic E-state index is 0.564. The quantitative estimate of drug-likeness (QED) is 0.175. The van der Waals surface area contributed by atoms with E-state index in [1.807, 2.05) is 90.2 Å². The van der Waals surface area contributed by atoms with Gasteiger partial charge in [-0.25, -0.2) is 15.0 Å². The van der Waals surface area contributed by atoms with Crippen LogP contribution in [0.3, 0.4) is 0 Å². The van der Waals surface area contributed by atoms with E-state index >= 15 is 0 Å². The predicted octanol–water partition coefficient (Wildman–Crippen LogP) is 14.4. The second kappa shape index (κ2) is 12.6. The third-order valence-corrected chi connectivity index (χ3v) is 12.2. The summed E-state index contributed by atoms with van der Waals surface area (Å²) in [5.74, 6) is 1.79. The zero-order valence-corrected chi connectivity index (χ0v) is 31.1. The van der Waals surface area contributed by atoms with Crippen LogP contribution in [0.2, 0.25) is 0 Å². The van der Waals surface area contributed by atoms with E-state index in [-0.39, 0.29) is 0 Å². The van der Waals surface area contributed by atoms with Crippen molar-refractivity contribution in [3.05, 3.63) is 176 Å². The van der Waals surface area contributed by atoms with Gasteiger partial charge >= 0.3 is 0 Å². The van der Waals surface area contributed by atoms with Gasteiger partial charge in [0.15, 0.2) is 17.5 Å². The van der Waals surface area contributed by atoms with E-state index in [1.54, 1.807) is 0 Å². The van der Waals surface area contributed by atoms with Crippen molar-refractivity contribution in [1.29, 1.82) is 0 Å². The third-order valence-electron chi connectivity index (χ3n) is 11.0. The van der Waals surface area contributed by atoms with Crippen LogP contribution in [-0.2, 0) is 0 Å². The van der Waals surface area contributed by atoms with Crippen LogP contribution in [0.4, 0.5) is 0 Å². The highest BCUT2D eigenvalue weighted by Crippen LogP contribution is 2.47. The van der Waals surface area contributed by atoms with Crippen LogP contribution in [0.5, 0.6) is 0 Å². The molecule has 0 unspecified atom stereocenters. The molecule has 8 aromatic carbocycles. The Morgan fingerprint density at radius 3 is 1.67 bits per heavy atom. The molecule has 0 N–H and O–H groups in total. The highest BCUT2D eigenvalue weighted by atomic mass is 32.1. The molecule has 5 nitrogen and oxygen atoms in total. The second-order valence-corrected chi connectivity index (χ2v) is 15.3. The maximum Gasteiger partial charge on any atom is 0.167 e. The van der Waals surface area contributed by atoms with Gasteiger partial charge in [0, 0.05) is 64.0 Å². The van der Waals surface area contributed by atoms with Crippen molar-refractivity contribution in [2.24, 2.45) is 0 Å². The van der Waals surface area contributed by atoms with Gasteiger partial charge in [-0.3, -0.25) is 0 Å². The molecule has 0 radical (unpaired) electrons. The molecule has 0 atom stereocenters. The number of rotatable bonds is 5. The predicted molar refractivity (Wildman–Crippen MR) is 234 cm³/mol. The Balaban J connectivity index is 1.04. The Morgan fingerprint density at radius 2 is 0.912 bits per heavy atom. The van der Waals surface area contributed by atoms with Crippen LogP contribution in [0.1, 0.15) is 0 Å². The minimum absolute atomic E-state index is 0.564. The smallest absolute Gasteiger partial charge is 0.167 e. The molecule has 0 bridgehead atoms. The van der Waals surface area contributed by atoms with Crippen LogP contribution in [0.15, 0.2) is 185 Å². The third kappa shape index (κ3) is 5.04. The van der Waals surface area contributed by atoms with Gasteiger partial charge in [0.2, 0.25) is 0 Å². The zero-order valence-electron chi connectivity index (χ0n) is 30.3. The number of nitrogens with zero attached hydrogens (tertiary/aromatic N) is 3. The molecule has 0 aliphatic heterocycles. The van der Waals surface area contributed by atoms with Crippen molar-refractivity contribution >= 4 is 75.4 Å². The largest absolute Gasteiger partial charge is 0.455 e. The summed E-state index contributed by atoms with van der Waals surface area (Å²) >= 11 is 1.83. The van der Waals surface area contributed by atoms with E-state index in [9.17, 15) is 0 Å².